The van der Waals surface area contributed by atoms with Gasteiger partial charge in [-0.15, -0.1) is 0 Å². The van der Waals surface area contributed by atoms with Crippen LogP contribution in [0.15, 0.2) is 59.6 Å². The van der Waals surface area contributed by atoms with Gasteiger partial charge in [-0.05, 0) is 42.5 Å². The van der Waals surface area contributed by atoms with E-state index in [2.05, 4.69) is 12.2 Å². The zero-order valence-electron chi connectivity index (χ0n) is 17.6. The maximum atomic E-state index is 13.5. The van der Waals surface area contributed by atoms with E-state index in [9.17, 15) is 17.6 Å². The molecular weight excluding hydrogens is 415 g/mol. The predicted octanol–water partition coefficient (Wildman–Crippen LogP) is 4.45. The molecule has 1 fully saturated rings. The van der Waals surface area contributed by atoms with E-state index in [4.69, 9.17) is 0 Å². The molecule has 164 valence electrons. The Morgan fingerprint density at radius 1 is 1.13 bits per heavy atom. The molecule has 2 aromatic carbocycles. The van der Waals surface area contributed by atoms with Gasteiger partial charge in [0.05, 0.1) is 10.6 Å². The zero-order valence-corrected chi connectivity index (χ0v) is 18.4. The Labute approximate surface area is 182 Å². The van der Waals surface area contributed by atoms with Crippen LogP contribution in [0.2, 0.25) is 0 Å². The van der Waals surface area contributed by atoms with Crippen LogP contribution in [0.1, 0.15) is 38.2 Å². The fourth-order valence-electron chi connectivity index (χ4n) is 4.45. The predicted molar refractivity (Wildman–Crippen MR) is 119 cm³/mol. The minimum atomic E-state index is -3.73. The van der Waals surface area contributed by atoms with Crippen LogP contribution in [0.3, 0.4) is 0 Å². The first-order chi connectivity index (χ1) is 14.8. The van der Waals surface area contributed by atoms with Crippen LogP contribution in [-0.2, 0) is 26.9 Å². The standard InChI is InChI=1S/C24H27FN2O3S/c1-17-7-2-4-11-21(17)26-24(28)15-27-14-23(20-10-3-5-12-22(20)27)31(29,30)16-18-8-6-9-19(25)13-18/h3,5-6,8-10,12-14,17,21H,2,4,7,11,15-16H2,1H3,(H,26,28). The number of rotatable bonds is 6. The minimum Gasteiger partial charge on any atom is -0.352 e. The largest absolute Gasteiger partial charge is 0.352 e. The van der Waals surface area contributed by atoms with Gasteiger partial charge in [0.1, 0.15) is 12.4 Å². The van der Waals surface area contributed by atoms with Gasteiger partial charge >= 0.3 is 0 Å². The summed E-state index contributed by atoms with van der Waals surface area (Å²) in [6.45, 7) is 2.21. The molecule has 0 radical (unpaired) electrons. The van der Waals surface area contributed by atoms with Crippen molar-refractivity contribution in [3.63, 3.8) is 0 Å². The van der Waals surface area contributed by atoms with E-state index < -0.39 is 15.7 Å². The summed E-state index contributed by atoms with van der Waals surface area (Å²) in [6, 6.07) is 12.9. The molecule has 7 heteroatoms. The molecule has 1 aliphatic carbocycles. The number of carbonyl (C=O) groups excluding carboxylic acids is 1. The maximum Gasteiger partial charge on any atom is 0.240 e. The average Bonchev–Trinajstić information content (AvgIpc) is 3.09. The van der Waals surface area contributed by atoms with E-state index in [0.29, 0.717) is 22.4 Å². The van der Waals surface area contributed by atoms with Crippen molar-refractivity contribution in [2.24, 2.45) is 5.92 Å². The van der Waals surface area contributed by atoms with E-state index in [1.54, 1.807) is 22.8 Å². The van der Waals surface area contributed by atoms with Gasteiger partial charge in [0.2, 0.25) is 5.91 Å². The van der Waals surface area contributed by atoms with Gasteiger partial charge in [0, 0.05) is 23.1 Å². The number of carbonyl (C=O) groups is 1. The number of para-hydroxylation sites is 1. The Morgan fingerprint density at radius 2 is 1.90 bits per heavy atom. The number of hydrogen-bond acceptors (Lipinski definition) is 3. The molecule has 1 N–H and O–H groups in total. The van der Waals surface area contributed by atoms with Gasteiger partial charge in [0.25, 0.3) is 0 Å². The highest BCUT2D eigenvalue weighted by Crippen LogP contribution is 2.28. The molecule has 0 saturated heterocycles. The van der Waals surface area contributed by atoms with Gasteiger partial charge < -0.3 is 9.88 Å². The molecule has 1 heterocycles. The van der Waals surface area contributed by atoms with Crippen LogP contribution in [0.4, 0.5) is 4.39 Å². The Morgan fingerprint density at radius 3 is 2.68 bits per heavy atom. The Hall–Kier alpha value is -2.67. The van der Waals surface area contributed by atoms with Crippen LogP contribution in [0, 0.1) is 11.7 Å². The number of nitrogens with zero attached hydrogens (tertiary/aromatic N) is 1. The molecule has 0 bridgehead atoms. The summed E-state index contributed by atoms with van der Waals surface area (Å²) in [5, 5.41) is 3.69. The lowest BCUT2D eigenvalue weighted by Gasteiger charge is -2.29. The summed E-state index contributed by atoms with van der Waals surface area (Å²) in [6.07, 6.45) is 5.93. The number of sulfone groups is 1. The molecule has 3 aromatic rings. The van der Waals surface area contributed by atoms with Gasteiger partial charge in [-0.3, -0.25) is 4.79 Å². The third-order valence-corrected chi connectivity index (χ3v) is 7.81. The number of halogens is 1. The summed E-state index contributed by atoms with van der Waals surface area (Å²) in [5.74, 6) is -0.441. The SMILES string of the molecule is CC1CCCCC1NC(=O)Cn1cc(S(=O)(=O)Cc2cccc(F)c2)c2ccccc21. The summed E-state index contributed by atoms with van der Waals surface area (Å²) < 4.78 is 41.5. The van der Waals surface area contributed by atoms with Crippen molar-refractivity contribution < 1.29 is 17.6 Å². The first-order valence-electron chi connectivity index (χ1n) is 10.7. The van der Waals surface area contributed by atoms with Crippen molar-refractivity contribution in [1.29, 1.82) is 0 Å². The lowest BCUT2D eigenvalue weighted by Crippen LogP contribution is -2.42. The molecule has 5 nitrogen and oxygen atoms in total. The van der Waals surface area contributed by atoms with Crippen molar-refractivity contribution in [1.82, 2.24) is 9.88 Å². The lowest BCUT2D eigenvalue weighted by atomic mass is 9.86. The zero-order chi connectivity index (χ0) is 22.0. The van der Waals surface area contributed by atoms with Gasteiger partial charge in [-0.2, -0.15) is 0 Å². The van der Waals surface area contributed by atoms with E-state index in [1.165, 1.54) is 30.8 Å². The molecule has 4 rings (SSSR count). The molecule has 2 atom stereocenters. The number of hydrogen-bond donors (Lipinski definition) is 1. The number of benzene rings is 2. The van der Waals surface area contributed by atoms with Gasteiger partial charge in [-0.1, -0.05) is 50.1 Å². The van der Waals surface area contributed by atoms with E-state index in [1.807, 2.05) is 12.1 Å². The molecule has 2 unspecified atom stereocenters. The molecule has 0 aliphatic heterocycles. The second kappa shape index (κ2) is 8.83. The Bertz CT molecular complexity index is 1200. The maximum absolute atomic E-state index is 13.5. The van der Waals surface area contributed by atoms with Crippen molar-refractivity contribution in [3.05, 3.63) is 66.1 Å². The summed E-state index contributed by atoms with van der Waals surface area (Å²) >= 11 is 0. The van der Waals surface area contributed by atoms with E-state index >= 15 is 0 Å². The fourth-order valence-corrected chi connectivity index (χ4v) is 6.02. The van der Waals surface area contributed by atoms with Crippen LogP contribution in [-0.4, -0.2) is 24.9 Å². The Balaban J connectivity index is 1.60. The number of aromatic nitrogens is 1. The van der Waals surface area contributed by atoms with E-state index in [0.717, 1.165) is 19.3 Å². The molecular formula is C24H27FN2O3S. The third kappa shape index (κ3) is 4.82. The van der Waals surface area contributed by atoms with Crippen LogP contribution in [0.5, 0.6) is 0 Å². The summed E-state index contributed by atoms with van der Waals surface area (Å²) in [5.41, 5.74) is 1.08. The number of amides is 1. The van der Waals surface area contributed by atoms with E-state index in [-0.39, 0.29) is 29.1 Å². The van der Waals surface area contributed by atoms with Crippen molar-refractivity contribution >= 4 is 26.6 Å². The smallest absolute Gasteiger partial charge is 0.240 e. The van der Waals surface area contributed by atoms with Gasteiger partial charge in [0.15, 0.2) is 9.84 Å². The van der Waals surface area contributed by atoms with Gasteiger partial charge in [-0.25, -0.2) is 12.8 Å². The monoisotopic (exact) mass is 442 g/mol. The summed E-state index contributed by atoms with van der Waals surface area (Å²) in [7, 11) is -3.73. The van der Waals surface area contributed by atoms with Crippen LogP contribution >= 0.6 is 0 Å². The molecule has 31 heavy (non-hydrogen) atoms. The lowest BCUT2D eigenvalue weighted by molar-refractivity contribution is -0.122. The fraction of sp³-hybridized carbons (Fsp3) is 0.375. The molecule has 0 spiro atoms. The van der Waals surface area contributed by atoms with Crippen molar-refractivity contribution in [3.8, 4) is 0 Å². The first-order valence-corrected chi connectivity index (χ1v) is 12.3. The number of fused-ring (bicyclic) bond motifs is 1. The number of nitrogens with one attached hydrogen (secondary N) is 1. The minimum absolute atomic E-state index is 0.0548. The molecule has 1 aliphatic rings. The molecule has 1 aromatic heterocycles. The highest BCUT2D eigenvalue weighted by molar-refractivity contribution is 7.90. The molecule has 1 saturated carbocycles. The van der Waals surface area contributed by atoms with Crippen molar-refractivity contribution in [2.75, 3.05) is 0 Å². The highest BCUT2D eigenvalue weighted by atomic mass is 32.2. The second-order valence-electron chi connectivity index (χ2n) is 8.46. The van der Waals surface area contributed by atoms with Crippen molar-refractivity contribution in [2.45, 2.75) is 55.8 Å². The van der Waals surface area contributed by atoms with Crippen LogP contribution < -0.4 is 5.32 Å². The topological polar surface area (TPSA) is 68.2 Å². The second-order valence-corrected chi connectivity index (χ2v) is 10.4. The molecule has 1 amide bonds. The highest BCUT2D eigenvalue weighted by Gasteiger charge is 2.25. The summed E-state index contributed by atoms with van der Waals surface area (Å²) in [4.78, 5) is 12.9. The Kier molecular flexibility index (Phi) is 6.14. The normalized spacial score (nSPS) is 19.4. The average molecular weight is 443 g/mol. The first kappa shape index (κ1) is 21.6. The third-order valence-electron chi connectivity index (χ3n) is 6.10. The quantitative estimate of drug-likeness (QED) is 0.613. The van der Waals surface area contributed by atoms with Crippen LogP contribution in [0.25, 0.3) is 10.9 Å².